The third-order valence-electron chi connectivity index (χ3n) is 5.07. The highest BCUT2D eigenvalue weighted by Gasteiger charge is 2.50. The molecule has 13 heteroatoms. The summed E-state index contributed by atoms with van der Waals surface area (Å²) >= 11 is 0. The van der Waals surface area contributed by atoms with E-state index in [1.54, 1.807) is 12.7 Å². The second-order valence-corrected chi connectivity index (χ2v) is 31.5. The highest BCUT2D eigenvalue weighted by Crippen LogP contribution is 2.39. The molecule has 4 atom stereocenters. The highest BCUT2D eigenvalue weighted by molar-refractivity contribution is 6.79. The Kier molecular flexibility index (Phi) is 8.24. The molecule has 0 spiro atoms. The fourth-order valence-electron chi connectivity index (χ4n) is 3.97. The number of aromatic nitrogens is 4. The first-order valence-corrected chi connectivity index (χ1v) is 26.2. The number of anilines is 1. The van der Waals surface area contributed by atoms with Gasteiger partial charge in [0.1, 0.15) is 44.2 Å². The topological polar surface area (TPSA) is 92.6 Å². The monoisotopic (exact) mass is 555 g/mol. The molecule has 9 nitrogen and oxygen atoms in total. The maximum absolute atomic E-state index is 6.78. The number of hydrogen-bond acceptors (Lipinski definition) is 8. The van der Waals surface area contributed by atoms with Crippen molar-refractivity contribution in [2.45, 2.75) is 103 Å². The number of ether oxygens (including phenoxy) is 1. The molecule has 1 fully saturated rings. The van der Waals surface area contributed by atoms with Crippen molar-refractivity contribution in [1.82, 2.24) is 19.5 Å². The number of hydrogen-bond donors (Lipinski definition) is 1. The van der Waals surface area contributed by atoms with Crippen LogP contribution in [0.3, 0.4) is 0 Å². The first-order valence-electron chi connectivity index (χ1n) is 12.4. The van der Waals surface area contributed by atoms with Gasteiger partial charge in [-0.2, -0.15) is 0 Å². The Morgan fingerprint density at radius 1 is 0.829 bits per heavy atom. The average Bonchev–Trinajstić information content (AvgIpc) is 3.19. The van der Waals surface area contributed by atoms with Crippen LogP contribution in [0.15, 0.2) is 12.7 Å². The molecule has 0 aliphatic carbocycles. The summed E-state index contributed by atoms with van der Waals surface area (Å²) in [6.45, 7) is 27.0. The molecule has 1 aliphatic rings. The average molecular weight is 556 g/mol. The van der Waals surface area contributed by atoms with Crippen LogP contribution < -0.4 is 4.98 Å². The van der Waals surface area contributed by atoms with Gasteiger partial charge in [-0.25, -0.2) is 15.0 Å². The zero-order chi connectivity index (χ0) is 26.4. The molecular weight excluding hydrogens is 511 g/mol. The molecule has 0 aromatic carbocycles. The maximum atomic E-state index is 6.78. The normalized spacial score (nSPS) is 24.3. The lowest BCUT2D eigenvalue weighted by Crippen LogP contribution is -2.48. The van der Waals surface area contributed by atoms with Crippen molar-refractivity contribution in [3.8, 4) is 0 Å². The van der Waals surface area contributed by atoms with Gasteiger partial charge in [-0.15, -0.1) is 0 Å². The van der Waals surface area contributed by atoms with Gasteiger partial charge in [0.25, 0.3) is 0 Å². The molecule has 3 rings (SSSR count). The van der Waals surface area contributed by atoms with E-state index in [1.165, 1.54) is 0 Å². The highest BCUT2D eigenvalue weighted by atomic mass is 28.4. The first kappa shape index (κ1) is 28.6. The van der Waals surface area contributed by atoms with Crippen LogP contribution in [-0.2, 0) is 18.0 Å². The van der Waals surface area contributed by atoms with Crippen LogP contribution in [0.5, 0.6) is 0 Å². The van der Waals surface area contributed by atoms with E-state index in [2.05, 4.69) is 93.5 Å². The van der Waals surface area contributed by atoms with Gasteiger partial charge in [0.15, 0.2) is 36.8 Å². The van der Waals surface area contributed by atoms with E-state index < -0.39 is 39.4 Å². The Labute approximate surface area is 214 Å². The molecule has 2 aromatic rings. The second kappa shape index (κ2) is 10.1. The molecule has 35 heavy (non-hydrogen) atoms. The van der Waals surface area contributed by atoms with Gasteiger partial charge < -0.3 is 23.0 Å². The van der Waals surface area contributed by atoms with E-state index in [0.717, 1.165) is 17.0 Å². The molecule has 1 saturated heterocycles. The molecular formula is C22H45N5O4Si4. The van der Waals surface area contributed by atoms with Gasteiger partial charge in [0.05, 0.1) is 12.9 Å². The van der Waals surface area contributed by atoms with Crippen molar-refractivity contribution in [1.29, 1.82) is 0 Å². The van der Waals surface area contributed by atoms with E-state index in [4.69, 9.17) is 23.0 Å². The van der Waals surface area contributed by atoms with E-state index in [1.807, 2.05) is 4.57 Å². The van der Waals surface area contributed by atoms with E-state index >= 15 is 0 Å². The largest absolute Gasteiger partial charge is 0.415 e. The van der Waals surface area contributed by atoms with Gasteiger partial charge in [-0.1, -0.05) is 19.6 Å². The molecule has 0 unspecified atom stereocenters. The van der Waals surface area contributed by atoms with Crippen LogP contribution in [-0.4, -0.2) is 77.6 Å². The fraction of sp³-hybridized carbons (Fsp3) is 0.773. The SMILES string of the molecule is C[Si](C)(C)Nc1ncnc2c1ncn2[C@@H]1O[C@H](CO[Si](C)(C)C)[C@@H](O[Si](C)(C)C)[C@H]1O[Si](C)(C)C. The second-order valence-electron chi connectivity index (χ2n) is 13.3. The smallest absolute Gasteiger partial charge is 0.184 e. The van der Waals surface area contributed by atoms with Crippen LogP contribution in [0.2, 0.25) is 78.6 Å². The lowest BCUT2D eigenvalue weighted by molar-refractivity contribution is -0.0457. The fourth-order valence-corrected chi connectivity index (χ4v) is 7.69. The van der Waals surface area contributed by atoms with Gasteiger partial charge in [0, 0.05) is 0 Å². The Hall–Kier alpha value is -0.942. The molecule has 3 heterocycles. The Bertz CT molecular complexity index is 1010. The molecule has 1 N–H and O–H groups in total. The summed E-state index contributed by atoms with van der Waals surface area (Å²) in [5.41, 5.74) is 1.48. The Morgan fingerprint density at radius 3 is 1.97 bits per heavy atom. The van der Waals surface area contributed by atoms with E-state index in [0.29, 0.717) is 6.61 Å². The maximum Gasteiger partial charge on any atom is 0.184 e. The number of rotatable bonds is 10. The van der Waals surface area contributed by atoms with Crippen molar-refractivity contribution >= 4 is 50.2 Å². The zero-order valence-electron chi connectivity index (χ0n) is 23.6. The predicted molar refractivity (Wildman–Crippen MR) is 152 cm³/mol. The molecule has 0 amide bonds. The number of imidazole rings is 1. The summed E-state index contributed by atoms with van der Waals surface area (Å²) < 4.78 is 28.5. The summed E-state index contributed by atoms with van der Waals surface area (Å²) in [7, 11) is -7.22. The summed E-state index contributed by atoms with van der Waals surface area (Å²) in [6, 6.07) is 0. The van der Waals surface area contributed by atoms with Crippen molar-refractivity contribution in [3.63, 3.8) is 0 Å². The summed E-state index contributed by atoms with van der Waals surface area (Å²) in [5.74, 6) is 0.766. The number of nitrogens with zero attached hydrogens (tertiary/aromatic N) is 4. The van der Waals surface area contributed by atoms with Gasteiger partial charge in [0.2, 0.25) is 0 Å². The third kappa shape index (κ3) is 8.02. The lowest BCUT2D eigenvalue weighted by Gasteiger charge is -2.34. The predicted octanol–water partition coefficient (Wildman–Crippen LogP) is 5.26. The Morgan fingerprint density at radius 2 is 1.43 bits per heavy atom. The molecule has 198 valence electrons. The standard InChI is InChI=1S/C22H45N5O4Si4/c1-32(2,3)26-20-17-21(24-14-23-20)27(15-25-17)22-19(31-35(10,11)12)18(30-34(7,8)9)16(29-22)13-28-33(4,5)6/h14-16,18-19,22H,13H2,1-12H3,(H,23,24,26)/t16-,18-,19-,22-/m1/s1. The lowest BCUT2D eigenvalue weighted by atomic mass is 10.1. The molecule has 2 aromatic heterocycles. The van der Waals surface area contributed by atoms with Gasteiger partial charge >= 0.3 is 0 Å². The minimum absolute atomic E-state index is 0.228. The van der Waals surface area contributed by atoms with Gasteiger partial charge in [-0.05, 0) is 58.9 Å². The molecule has 0 bridgehead atoms. The summed E-state index contributed by atoms with van der Waals surface area (Å²) in [5, 5.41) is 0. The van der Waals surface area contributed by atoms with Crippen molar-refractivity contribution < 1.29 is 18.0 Å². The Balaban J connectivity index is 2.05. The quantitative estimate of drug-likeness (QED) is 0.397. The van der Waals surface area contributed by atoms with Crippen LogP contribution in [0.25, 0.3) is 11.2 Å². The van der Waals surface area contributed by atoms with Crippen LogP contribution in [0, 0.1) is 0 Å². The van der Waals surface area contributed by atoms with Crippen LogP contribution in [0.4, 0.5) is 5.82 Å². The van der Waals surface area contributed by atoms with Crippen molar-refractivity contribution in [3.05, 3.63) is 12.7 Å². The first-order chi connectivity index (χ1) is 15.8. The zero-order valence-corrected chi connectivity index (χ0v) is 27.6. The van der Waals surface area contributed by atoms with Crippen molar-refractivity contribution in [2.24, 2.45) is 0 Å². The number of fused-ring (bicyclic) bond motifs is 1. The van der Waals surface area contributed by atoms with Crippen LogP contribution >= 0.6 is 0 Å². The third-order valence-corrected chi connectivity index (χ3v) is 9.05. The van der Waals surface area contributed by atoms with Crippen molar-refractivity contribution in [2.75, 3.05) is 11.6 Å². The molecule has 0 saturated carbocycles. The molecule has 0 radical (unpaired) electrons. The van der Waals surface area contributed by atoms with Gasteiger partial charge in [-0.3, -0.25) is 4.57 Å². The van der Waals surface area contributed by atoms with Crippen LogP contribution in [0.1, 0.15) is 6.23 Å². The number of nitrogens with one attached hydrogen (secondary N) is 1. The summed E-state index contributed by atoms with van der Waals surface area (Å²) in [4.78, 5) is 17.4. The minimum atomic E-state index is -1.94. The van der Waals surface area contributed by atoms with E-state index in [9.17, 15) is 0 Å². The molecule has 1 aliphatic heterocycles. The summed E-state index contributed by atoms with van der Waals surface area (Å²) in [6.07, 6.45) is 2.22. The minimum Gasteiger partial charge on any atom is -0.415 e. The van der Waals surface area contributed by atoms with E-state index in [-0.39, 0.29) is 18.3 Å².